The molecule has 3 atom stereocenters. The van der Waals surface area contributed by atoms with Gasteiger partial charge in [0.1, 0.15) is 12.0 Å². The van der Waals surface area contributed by atoms with Crippen LogP contribution < -0.4 is 10.2 Å². The van der Waals surface area contributed by atoms with Crippen LogP contribution in [0.15, 0.2) is 253 Å². The monoisotopic (exact) mass is 872 g/mol. The molecule has 322 valence electrons. The summed E-state index contributed by atoms with van der Waals surface area (Å²) in [5, 5.41) is 6.21. The number of fused-ring (bicyclic) bond motifs is 7. The molecule has 3 aliphatic rings. The molecule has 4 heterocycles. The summed E-state index contributed by atoms with van der Waals surface area (Å²) in [6.07, 6.45) is 8.76. The van der Waals surface area contributed by atoms with Gasteiger partial charge in [0.2, 0.25) is 0 Å². The fraction of sp³-hybridized carbons (Fsp3) is 0.0484. The Morgan fingerprint density at radius 2 is 1.04 bits per heavy atom. The molecular formula is C62H44N6. The van der Waals surface area contributed by atoms with Crippen LogP contribution >= 0.6 is 0 Å². The van der Waals surface area contributed by atoms with Gasteiger partial charge in [-0.1, -0.05) is 194 Å². The molecular weight excluding hydrogens is 829 g/mol. The summed E-state index contributed by atoms with van der Waals surface area (Å²) in [6.45, 7) is 0. The lowest BCUT2D eigenvalue weighted by atomic mass is 9.91. The Bertz CT molecular complexity index is 3590. The quantitative estimate of drug-likeness (QED) is 0.165. The molecule has 13 rings (SSSR count). The summed E-state index contributed by atoms with van der Waals surface area (Å²) >= 11 is 0. The van der Waals surface area contributed by atoms with E-state index < -0.39 is 0 Å². The highest BCUT2D eigenvalue weighted by Crippen LogP contribution is 2.53. The smallest absolute Gasteiger partial charge is 0.159 e. The predicted molar refractivity (Wildman–Crippen MR) is 280 cm³/mol. The maximum absolute atomic E-state index is 5.38. The van der Waals surface area contributed by atoms with Crippen LogP contribution in [0.5, 0.6) is 0 Å². The first-order valence-electron chi connectivity index (χ1n) is 23.3. The highest BCUT2D eigenvalue weighted by Gasteiger charge is 2.40. The van der Waals surface area contributed by atoms with Crippen LogP contribution in [0, 0.1) is 0 Å². The molecule has 0 saturated heterocycles. The maximum atomic E-state index is 5.38. The molecule has 10 aromatic rings. The molecule has 1 aliphatic carbocycles. The number of aromatic nitrogens is 2. The van der Waals surface area contributed by atoms with E-state index in [4.69, 9.17) is 15.0 Å². The first kappa shape index (κ1) is 39.5. The van der Waals surface area contributed by atoms with E-state index in [1.54, 1.807) is 0 Å². The van der Waals surface area contributed by atoms with E-state index in [1.807, 2.05) is 24.3 Å². The number of para-hydroxylation sites is 2. The average molecular weight is 873 g/mol. The third-order valence-corrected chi connectivity index (χ3v) is 13.5. The van der Waals surface area contributed by atoms with Crippen LogP contribution in [0.2, 0.25) is 0 Å². The normalized spacial score (nSPS) is 17.1. The van der Waals surface area contributed by atoms with Gasteiger partial charge in [-0.25, -0.2) is 15.0 Å². The Kier molecular flexibility index (Phi) is 9.60. The molecule has 6 heteroatoms. The van der Waals surface area contributed by atoms with Crippen molar-refractivity contribution in [2.24, 2.45) is 9.98 Å². The topological polar surface area (TPSA) is 57.8 Å². The highest BCUT2D eigenvalue weighted by molar-refractivity contribution is 6.16. The van der Waals surface area contributed by atoms with Crippen LogP contribution in [-0.2, 0) is 0 Å². The Morgan fingerprint density at radius 3 is 1.75 bits per heavy atom. The van der Waals surface area contributed by atoms with Gasteiger partial charge in [-0.05, 0) is 70.8 Å². The molecule has 0 fully saturated rings. The van der Waals surface area contributed by atoms with Crippen molar-refractivity contribution in [2.75, 3.05) is 4.90 Å². The lowest BCUT2D eigenvalue weighted by Crippen LogP contribution is -2.33. The van der Waals surface area contributed by atoms with E-state index in [0.717, 1.165) is 67.4 Å². The minimum absolute atomic E-state index is 0.132. The zero-order valence-corrected chi connectivity index (χ0v) is 37.1. The second-order valence-corrected chi connectivity index (χ2v) is 17.6. The Labute approximate surface area is 395 Å². The number of nitrogens with one attached hydrogen (secondary N) is 1. The number of aliphatic imine (C=N–C) groups is 2. The fourth-order valence-electron chi connectivity index (χ4n) is 10.4. The predicted octanol–water partition coefficient (Wildman–Crippen LogP) is 14.4. The van der Waals surface area contributed by atoms with Gasteiger partial charge in [0, 0.05) is 50.3 Å². The average Bonchev–Trinajstić information content (AvgIpc) is 3.95. The number of pyridine rings is 1. The summed E-state index contributed by atoms with van der Waals surface area (Å²) in [5.41, 5.74) is 16.0. The Morgan fingerprint density at radius 1 is 0.456 bits per heavy atom. The standard InChI is InChI=1S/C62H44N6/c1-6-20-41(21-7-1)54-39-46(40-55(63-54)42-22-8-2-9-23-42)45-36-47(62-65-60(43-24-10-3-11-25-43)64-61(66-62)44-26-12-4-13-27-44)38-49(37-45)68-57-33-19-17-31-51(57)53-35-34-52-50-30-16-18-32-56(50)67(58(52)59(53)68)48-28-14-5-15-29-48/h1-40,50,56,60H,(H,64,65,66). The van der Waals surface area contributed by atoms with Crippen molar-refractivity contribution < 1.29 is 0 Å². The molecule has 2 aromatic heterocycles. The third kappa shape index (κ3) is 6.85. The second kappa shape index (κ2) is 16.5. The lowest BCUT2D eigenvalue weighted by molar-refractivity contribution is 0.674. The Hall–Kier alpha value is -8.87. The fourth-order valence-corrected chi connectivity index (χ4v) is 10.4. The first-order chi connectivity index (χ1) is 33.7. The molecule has 0 radical (unpaired) electrons. The van der Waals surface area contributed by atoms with Gasteiger partial charge in [-0.2, -0.15) is 0 Å². The van der Waals surface area contributed by atoms with Gasteiger partial charge in [-0.15, -0.1) is 0 Å². The number of hydrogen-bond acceptors (Lipinski definition) is 5. The summed E-state index contributed by atoms with van der Waals surface area (Å²) in [6, 6.07) is 77.6. The van der Waals surface area contributed by atoms with Crippen molar-refractivity contribution in [3.63, 3.8) is 0 Å². The summed E-state index contributed by atoms with van der Waals surface area (Å²) in [5.74, 6) is 1.62. The third-order valence-electron chi connectivity index (χ3n) is 13.5. The number of nitrogens with zero attached hydrogens (tertiary/aromatic N) is 5. The van der Waals surface area contributed by atoms with E-state index >= 15 is 0 Å². The van der Waals surface area contributed by atoms with Crippen molar-refractivity contribution in [3.05, 3.63) is 265 Å². The van der Waals surface area contributed by atoms with Crippen molar-refractivity contribution >= 4 is 44.9 Å². The van der Waals surface area contributed by atoms with Crippen LogP contribution in [0.25, 0.3) is 61.1 Å². The zero-order chi connectivity index (χ0) is 45.0. The first-order valence-corrected chi connectivity index (χ1v) is 23.3. The van der Waals surface area contributed by atoms with E-state index in [1.165, 1.54) is 33.2 Å². The molecule has 8 aromatic carbocycles. The van der Waals surface area contributed by atoms with Crippen LogP contribution in [-0.4, -0.2) is 27.3 Å². The molecule has 0 bridgehead atoms. The summed E-state index contributed by atoms with van der Waals surface area (Å²) < 4.78 is 2.50. The molecule has 0 saturated carbocycles. The second-order valence-electron chi connectivity index (χ2n) is 17.6. The van der Waals surface area contributed by atoms with E-state index in [9.17, 15) is 0 Å². The minimum Gasteiger partial charge on any atom is -0.344 e. The SMILES string of the molecule is C1=CC2c3ccc4c5ccccc5n(-c5cc(C6=NC(c7ccccc7)=NC(c7ccccc7)N6)cc(-c6cc(-c7ccccc7)nc(-c7ccccc7)c6)c5)c4c3N(c3ccccc3)C2C=C1. The van der Waals surface area contributed by atoms with Gasteiger partial charge < -0.3 is 14.8 Å². The molecule has 68 heavy (non-hydrogen) atoms. The zero-order valence-electron chi connectivity index (χ0n) is 37.1. The van der Waals surface area contributed by atoms with Crippen molar-refractivity contribution in [1.29, 1.82) is 0 Å². The van der Waals surface area contributed by atoms with Gasteiger partial charge in [0.25, 0.3) is 0 Å². The molecule has 3 unspecified atom stereocenters. The van der Waals surface area contributed by atoms with Gasteiger partial charge in [0.15, 0.2) is 5.84 Å². The molecule has 1 N–H and O–H groups in total. The number of benzene rings is 8. The summed E-state index contributed by atoms with van der Waals surface area (Å²) in [4.78, 5) is 18.5. The number of amidine groups is 2. The lowest BCUT2D eigenvalue weighted by Gasteiger charge is -2.29. The molecule has 0 amide bonds. The van der Waals surface area contributed by atoms with E-state index in [2.05, 4.69) is 233 Å². The van der Waals surface area contributed by atoms with Crippen molar-refractivity contribution in [3.8, 4) is 39.3 Å². The van der Waals surface area contributed by atoms with Gasteiger partial charge >= 0.3 is 0 Å². The molecule has 6 nitrogen and oxygen atoms in total. The van der Waals surface area contributed by atoms with E-state index in [0.29, 0.717) is 5.84 Å². The highest BCUT2D eigenvalue weighted by atomic mass is 15.2. The Balaban J connectivity index is 1.10. The maximum Gasteiger partial charge on any atom is 0.159 e. The van der Waals surface area contributed by atoms with E-state index in [-0.39, 0.29) is 18.1 Å². The van der Waals surface area contributed by atoms with Crippen molar-refractivity contribution in [1.82, 2.24) is 14.9 Å². The number of rotatable bonds is 8. The summed E-state index contributed by atoms with van der Waals surface area (Å²) in [7, 11) is 0. The van der Waals surface area contributed by atoms with Gasteiger partial charge in [0.05, 0.1) is 34.2 Å². The molecule has 0 spiro atoms. The number of allylic oxidation sites excluding steroid dienone is 2. The molecule has 2 aliphatic heterocycles. The van der Waals surface area contributed by atoms with Crippen LogP contribution in [0.3, 0.4) is 0 Å². The van der Waals surface area contributed by atoms with Crippen LogP contribution in [0.1, 0.15) is 34.3 Å². The van der Waals surface area contributed by atoms with Crippen molar-refractivity contribution in [2.45, 2.75) is 18.1 Å². The number of hydrogen-bond donors (Lipinski definition) is 1. The van der Waals surface area contributed by atoms with Crippen LogP contribution in [0.4, 0.5) is 11.4 Å². The number of anilines is 2. The van der Waals surface area contributed by atoms with Gasteiger partial charge in [-0.3, -0.25) is 0 Å². The largest absolute Gasteiger partial charge is 0.344 e. The minimum atomic E-state index is -0.360.